The third-order valence-corrected chi connectivity index (χ3v) is 9.43. The second kappa shape index (κ2) is 8.99. The third kappa shape index (κ3) is 4.02. The van der Waals surface area contributed by atoms with Crippen LogP contribution in [0.1, 0.15) is 23.2 Å². The molecule has 8 nitrogen and oxygen atoms in total. The fourth-order valence-electron chi connectivity index (χ4n) is 3.62. The molecule has 0 aliphatic carbocycles. The average Bonchev–Trinajstić information content (AvgIpc) is 3.53. The molecule has 166 valence electrons. The van der Waals surface area contributed by atoms with Crippen LogP contribution in [-0.4, -0.2) is 48.9 Å². The number of hydrogen-bond acceptors (Lipinski definition) is 7. The van der Waals surface area contributed by atoms with Crippen molar-refractivity contribution in [1.29, 1.82) is 0 Å². The molecule has 2 aromatic heterocycles. The van der Waals surface area contributed by atoms with Gasteiger partial charge in [-0.05, 0) is 42.5 Å². The predicted octanol–water partition coefficient (Wildman–Crippen LogP) is 2.46. The van der Waals surface area contributed by atoms with E-state index in [1.165, 1.54) is 28.8 Å². The molecule has 0 N–H and O–H groups in total. The van der Waals surface area contributed by atoms with E-state index in [9.17, 15) is 18.0 Å². The number of rotatable bonds is 5. The van der Waals surface area contributed by atoms with Gasteiger partial charge < -0.3 is 9.30 Å². The number of sulfonamides is 1. The number of ether oxygens (including phenoxy) is 1. The van der Waals surface area contributed by atoms with E-state index in [2.05, 4.69) is 10.9 Å². The molecule has 1 fully saturated rings. The minimum atomic E-state index is -3.76. The Morgan fingerprint density at radius 3 is 2.84 bits per heavy atom. The topological polar surface area (TPSA) is 98.0 Å². The van der Waals surface area contributed by atoms with Crippen LogP contribution in [0.4, 0.5) is 0 Å². The lowest BCUT2D eigenvalue weighted by Gasteiger charge is -2.20. The summed E-state index contributed by atoms with van der Waals surface area (Å²) in [4.78, 5) is 29.6. The standard InChI is InChI=1S/C21H19N3O5S3/c1-3-10-23-15-9-8-14(20(26)29-2)13-17(15)31-21(23)22-19(25)16-6-4-11-24(16)32(27,28)18-7-5-12-30-18/h1,5,7-9,12-13,16H,4,6,10-11H2,2H3/t16-/m0/s1. The van der Waals surface area contributed by atoms with E-state index >= 15 is 0 Å². The minimum absolute atomic E-state index is 0.172. The lowest BCUT2D eigenvalue weighted by Crippen LogP contribution is -2.40. The van der Waals surface area contributed by atoms with Gasteiger partial charge in [-0.2, -0.15) is 9.30 Å². The van der Waals surface area contributed by atoms with Gasteiger partial charge in [0.1, 0.15) is 10.3 Å². The monoisotopic (exact) mass is 489 g/mol. The Morgan fingerprint density at radius 2 is 2.16 bits per heavy atom. The number of carbonyl (C=O) groups excluding carboxylic acids is 2. The molecule has 0 spiro atoms. The summed E-state index contributed by atoms with van der Waals surface area (Å²) < 4.78 is 34.6. The number of amides is 1. The van der Waals surface area contributed by atoms with Crippen molar-refractivity contribution in [2.75, 3.05) is 13.7 Å². The van der Waals surface area contributed by atoms with Gasteiger partial charge in [-0.3, -0.25) is 4.79 Å². The molecule has 1 atom stereocenters. The summed E-state index contributed by atoms with van der Waals surface area (Å²) in [6, 6.07) is 7.33. The molecule has 1 saturated heterocycles. The predicted molar refractivity (Wildman–Crippen MR) is 122 cm³/mol. The number of hydrogen-bond donors (Lipinski definition) is 0. The van der Waals surface area contributed by atoms with Gasteiger partial charge in [-0.1, -0.05) is 23.3 Å². The highest BCUT2D eigenvalue weighted by Gasteiger charge is 2.40. The summed E-state index contributed by atoms with van der Waals surface area (Å²) in [6.45, 7) is 0.441. The van der Waals surface area contributed by atoms with Gasteiger partial charge in [-0.25, -0.2) is 13.2 Å². The lowest BCUT2D eigenvalue weighted by atomic mass is 10.2. The van der Waals surface area contributed by atoms with Gasteiger partial charge in [0.05, 0.1) is 29.4 Å². The number of fused-ring (bicyclic) bond motifs is 1. The van der Waals surface area contributed by atoms with Crippen LogP contribution < -0.4 is 4.80 Å². The molecule has 0 unspecified atom stereocenters. The second-order valence-corrected chi connectivity index (χ2v) is 11.1. The Kier molecular flexibility index (Phi) is 6.30. The highest BCUT2D eigenvalue weighted by Crippen LogP contribution is 2.29. The Bertz CT molecular complexity index is 1390. The maximum Gasteiger partial charge on any atom is 0.337 e. The fraction of sp³-hybridized carbons (Fsp3) is 0.286. The average molecular weight is 490 g/mol. The molecule has 11 heteroatoms. The van der Waals surface area contributed by atoms with Crippen molar-refractivity contribution in [1.82, 2.24) is 8.87 Å². The highest BCUT2D eigenvalue weighted by atomic mass is 32.2. The molecule has 4 rings (SSSR count). The molecular formula is C21H19N3O5S3. The van der Waals surface area contributed by atoms with E-state index in [0.29, 0.717) is 27.9 Å². The molecule has 0 bridgehead atoms. The lowest BCUT2D eigenvalue weighted by molar-refractivity contribution is -0.121. The Morgan fingerprint density at radius 1 is 1.34 bits per heavy atom. The summed E-state index contributed by atoms with van der Waals surface area (Å²) in [5.74, 6) is 1.54. The number of methoxy groups -OCH3 is 1. The molecule has 1 aliphatic heterocycles. The zero-order valence-corrected chi connectivity index (χ0v) is 19.5. The van der Waals surface area contributed by atoms with Crippen molar-refractivity contribution < 1.29 is 22.7 Å². The van der Waals surface area contributed by atoms with E-state index in [0.717, 1.165) is 16.9 Å². The van der Waals surface area contributed by atoms with Gasteiger partial charge >= 0.3 is 5.97 Å². The van der Waals surface area contributed by atoms with Crippen LogP contribution in [0.3, 0.4) is 0 Å². The molecule has 1 aromatic carbocycles. The van der Waals surface area contributed by atoms with Gasteiger partial charge in [0.25, 0.3) is 15.9 Å². The Hall–Kier alpha value is -2.78. The van der Waals surface area contributed by atoms with Crippen LogP contribution in [0.15, 0.2) is 44.9 Å². The zero-order chi connectivity index (χ0) is 22.9. The highest BCUT2D eigenvalue weighted by molar-refractivity contribution is 7.91. The first-order valence-corrected chi connectivity index (χ1v) is 12.8. The van der Waals surface area contributed by atoms with Gasteiger partial charge in [-0.15, -0.1) is 17.8 Å². The summed E-state index contributed by atoms with van der Waals surface area (Å²) in [5.41, 5.74) is 1.10. The van der Waals surface area contributed by atoms with Crippen LogP contribution >= 0.6 is 22.7 Å². The van der Waals surface area contributed by atoms with E-state index in [-0.39, 0.29) is 17.3 Å². The number of thiazole rings is 1. The number of nitrogens with zero attached hydrogens (tertiary/aromatic N) is 3. The van der Waals surface area contributed by atoms with E-state index < -0.39 is 27.9 Å². The van der Waals surface area contributed by atoms with Crippen molar-refractivity contribution in [3.05, 3.63) is 46.1 Å². The fourth-order valence-corrected chi connectivity index (χ4v) is 7.46. The van der Waals surface area contributed by atoms with E-state index in [4.69, 9.17) is 11.2 Å². The molecular weight excluding hydrogens is 470 g/mol. The smallest absolute Gasteiger partial charge is 0.337 e. The van der Waals surface area contributed by atoms with Crippen molar-refractivity contribution in [3.63, 3.8) is 0 Å². The Balaban J connectivity index is 1.74. The van der Waals surface area contributed by atoms with Gasteiger partial charge in [0.15, 0.2) is 4.80 Å². The van der Waals surface area contributed by atoms with Crippen LogP contribution in [0, 0.1) is 12.3 Å². The van der Waals surface area contributed by atoms with Crippen molar-refractivity contribution >= 4 is 54.8 Å². The quantitative estimate of drug-likeness (QED) is 0.405. The first kappa shape index (κ1) is 22.4. The largest absolute Gasteiger partial charge is 0.465 e. The Labute approximate surface area is 192 Å². The minimum Gasteiger partial charge on any atom is -0.465 e. The SMILES string of the molecule is C#CCn1c(=NC(=O)[C@@H]2CCCN2S(=O)(=O)c2cccs2)sc2cc(C(=O)OC)ccc21. The van der Waals surface area contributed by atoms with Crippen LogP contribution in [0.5, 0.6) is 0 Å². The maximum absolute atomic E-state index is 13.1. The zero-order valence-electron chi connectivity index (χ0n) is 17.1. The molecule has 32 heavy (non-hydrogen) atoms. The number of terminal acetylenes is 1. The first-order chi connectivity index (χ1) is 15.4. The number of thiophene rings is 1. The normalized spacial score (nSPS) is 17.5. The molecule has 3 aromatic rings. The number of carbonyl (C=O) groups is 2. The van der Waals surface area contributed by atoms with Crippen molar-refractivity contribution in [2.24, 2.45) is 4.99 Å². The number of esters is 1. The first-order valence-electron chi connectivity index (χ1n) is 9.66. The second-order valence-electron chi connectivity index (χ2n) is 7.00. The third-order valence-electron chi connectivity index (χ3n) is 5.11. The van der Waals surface area contributed by atoms with E-state index in [1.54, 1.807) is 34.2 Å². The van der Waals surface area contributed by atoms with Crippen LogP contribution in [-0.2, 0) is 26.1 Å². The van der Waals surface area contributed by atoms with Crippen LogP contribution in [0.2, 0.25) is 0 Å². The number of benzene rings is 1. The summed E-state index contributed by atoms with van der Waals surface area (Å²) in [6.07, 6.45) is 6.49. The number of aromatic nitrogens is 1. The summed E-state index contributed by atoms with van der Waals surface area (Å²) in [7, 11) is -2.46. The molecule has 3 heterocycles. The molecule has 1 amide bonds. The summed E-state index contributed by atoms with van der Waals surface area (Å²) in [5, 5.41) is 1.69. The van der Waals surface area contributed by atoms with Crippen molar-refractivity contribution in [2.45, 2.75) is 29.6 Å². The molecule has 0 saturated carbocycles. The van der Waals surface area contributed by atoms with Gasteiger partial charge in [0.2, 0.25) is 0 Å². The van der Waals surface area contributed by atoms with E-state index in [1.807, 2.05) is 0 Å². The van der Waals surface area contributed by atoms with Crippen molar-refractivity contribution in [3.8, 4) is 12.3 Å². The maximum atomic E-state index is 13.1. The molecule has 0 radical (unpaired) electrons. The summed E-state index contributed by atoms with van der Waals surface area (Å²) >= 11 is 2.32. The molecule has 1 aliphatic rings. The van der Waals surface area contributed by atoms with Crippen LogP contribution in [0.25, 0.3) is 10.2 Å². The van der Waals surface area contributed by atoms with Gasteiger partial charge in [0, 0.05) is 6.54 Å².